The molecule has 0 spiro atoms. The summed E-state index contributed by atoms with van der Waals surface area (Å²) in [5.74, 6) is -1.18. The Balaban J connectivity index is 0.000000205. The van der Waals surface area contributed by atoms with Gasteiger partial charge in [-0.3, -0.25) is 24.5 Å². The third-order valence-corrected chi connectivity index (χ3v) is 3.21. The van der Waals surface area contributed by atoms with Crippen LogP contribution in [0.5, 0.6) is 0 Å². The molecular weight excluding hydrogens is 315 g/mol. The van der Waals surface area contributed by atoms with Crippen LogP contribution in [0.25, 0.3) is 11.8 Å². The molecule has 7 heteroatoms. The number of nitrogens with zero attached hydrogens (tertiary/aromatic N) is 1. The average molecular weight is 328 g/mol. The molecule has 1 N–H and O–H groups in total. The van der Waals surface area contributed by atoms with Crippen molar-refractivity contribution in [2.45, 2.75) is 0 Å². The largest absolute Gasteiger partial charge is 0.289 e. The SMILES string of the molecule is O=C1C=CC(=O)N1.O=C1C=CC(=O)N1C1=Cc2ccccc21.P. The highest BCUT2D eigenvalue weighted by atomic mass is 31.0. The van der Waals surface area contributed by atoms with Crippen molar-refractivity contribution >= 4 is 45.3 Å². The molecule has 0 aromatic heterocycles. The first-order valence-electron chi connectivity index (χ1n) is 6.46. The Morgan fingerprint density at radius 1 is 0.783 bits per heavy atom. The van der Waals surface area contributed by atoms with Crippen LogP contribution < -0.4 is 5.32 Å². The van der Waals surface area contributed by atoms with Gasteiger partial charge in [0.15, 0.2) is 0 Å². The highest BCUT2D eigenvalue weighted by Gasteiger charge is 2.31. The summed E-state index contributed by atoms with van der Waals surface area (Å²) in [6, 6.07) is 7.68. The van der Waals surface area contributed by atoms with E-state index in [1.54, 1.807) is 0 Å². The van der Waals surface area contributed by atoms with Gasteiger partial charge < -0.3 is 0 Å². The molecule has 1 unspecified atom stereocenters. The smallest absolute Gasteiger partial charge is 0.258 e. The fraction of sp³-hybridized carbons (Fsp3) is 0. The quantitative estimate of drug-likeness (QED) is 0.607. The molecule has 3 aliphatic rings. The van der Waals surface area contributed by atoms with Gasteiger partial charge in [0.25, 0.3) is 23.6 Å². The molecule has 0 saturated carbocycles. The molecule has 2 heterocycles. The molecule has 1 aromatic carbocycles. The molecular formula is C16H13N2O4P. The average Bonchev–Trinajstić information content (AvgIpc) is 3.00. The first-order chi connectivity index (χ1) is 10.6. The standard InChI is InChI=1S/C12H7NO2.C4H3NO2.H3P/c14-11-5-6-12(15)13(11)10-7-8-3-1-2-4-9(8)10;6-3-1-2-4(7)5-3;/h1-7H;1-2H,(H,5,6,7);1H3. The summed E-state index contributed by atoms with van der Waals surface area (Å²) in [6.45, 7) is 0. The fourth-order valence-electron chi connectivity index (χ4n) is 2.18. The number of fused-ring (bicyclic) bond motifs is 1. The van der Waals surface area contributed by atoms with Gasteiger partial charge in [0.05, 0.1) is 5.70 Å². The van der Waals surface area contributed by atoms with E-state index in [0.29, 0.717) is 5.70 Å². The number of carbonyl (C=O) groups is 4. The molecule has 0 bridgehead atoms. The van der Waals surface area contributed by atoms with Gasteiger partial charge in [0.2, 0.25) is 0 Å². The van der Waals surface area contributed by atoms with Crippen molar-refractivity contribution in [1.29, 1.82) is 0 Å². The molecule has 116 valence electrons. The third kappa shape index (κ3) is 3.17. The monoisotopic (exact) mass is 328 g/mol. The Morgan fingerprint density at radius 3 is 1.83 bits per heavy atom. The van der Waals surface area contributed by atoms with E-state index in [2.05, 4.69) is 0 Å². The van der Waals surface area contributed by atoms with Crippen LogP contribution in [0, 0.1) is 0 Å². The lowest BCUT2D eigenvalue weighted by atomic mass is 9.93. The van der Waals surface area contributed by atoms with Crippen molar-refractivity contribution < 1.29 is 19.2 Å². The lowest BCUT2D eigenvalue weighted by Gasteiger charge is -2.26. The van der Waals surface area contributed by atoms with Crippen LogP contribution in [-0.2, 0) is 19.2 Å². The van der Waals surface area contributed by atoms with Crippen molar-refractivity contribution in [3.63, 3.8) is 0 Å². The van der Waals surface area contributed by atoms with Crippen LogP contribution in [0.2, 0.25) is 0 Å². The summed E-state index contributed by atoms with van der Waals surface area (Å²) in [4.78, 5) is 44.1. The van der Waals surface area contributed by atoms with Gasteiger partial charge in [0.1, 0.15) is 0 Å². The number of carbonyl (C=O) groups excluding carboxylic acids is 4. The van der Waals surface area contributed by atoms with E-state index in [1.165, 1.54) is 29.2 Å². The maximum Gasteiger partial charge on any atom is 0.258 e. The van der Waals surface area contributed by atoms with Crippen LogP contribution in [0.4, 0.5) is 0 Å². The molecule has 6 nitrogen and oxygen atoms in total. The van der Waals surface area contributed by atoms with Gasteiger partial charge >= 0.3 is 0 Å². The summed E-state index contributed by atoms with van der Waals surface area (Å²) in [5.41, 5.74) is 2.73. The number of benzene rings is 1. The molecule has 4 rings (SSSR count). The van der Waals surface area contributed by atoms with Gasteiger partial charge in [-0.1, -0.05) is 24.3 Å². The highest BCUT2D eigenvalue weighted by Crippen LogP contribution is 2.35. The van der Waals surface area contributed by atoms with E-state index in [1.807, 2.05) is 35.7 Å². The van der Waals surface area contributed by atoms with E-state index in [0.717, 1.165) is 11.1 Å². The number of nitrogens with one attached hydrogen (secondary N) is 1. The molecule has 0 radical (unpaired) electrons. The van der Waals surface area contributed by atoms with Crippen LogP contribution in [0.3, 0.4) is 0 Å². The Hall–Kier alpha value is -2.85. The normalized spacial score (nSPS) is 16.9. The van der Waals surface area contributed by atoms with Crippen LogP contribution in [0.1, 0.15) is 11.1 Å². The van der Waals surface area contributed by atoms with Gasteiger partial charge in [-0.25, -0.2) is 4.90 Å². The van der Waals surface area contributed by atoms with Crippen molar-refractivity contribution in [2.24, 2.45) is 0 Å². The maximum atomic E-state index is 11.4. The van der Waals surface area contributed by atoms with E-state index in [-0.39, 0.29) is 33.5 Å². The van der Waals surface area contributed by atoms with E-state index < -0.39 is 0 Å². The zero-order chi connectivity index (χ0) is 15.7. The van der Waals surface area contributed by atoms with Crippen LogP contribution in [0.15, 0.2) is 48.6 Å². The van der Waals surface area contributed by atoms with E-state index >= 15 is 0 Å². The summed E-state index contributed by atoms with van der Waals surface area (Å²) in [6.07, 6.45) is 6.83. The van der Waals surface area contributed by atoms with Gasteiger partial charge in [-0.05, 0) is 11.6 Å². The molecule has 0 saturated heterocycles. The van der Waals surface area contributed by atoms with E-state index in [9.17, 15) is 19.2 Å². The molecule has 2 aliphatic heterocycles. The Labute approximate surface area is 135 Å². The number of imide groups is 2. The second-order valence-electron chi connectivity index (χ2n) is 4.65. The highest BCUT2D eigenvalue weighted by molar-refractivity contribution is 6.92. The lowest BCUT2D eigenvalue weighted by Crippen LogP contribution is -2.30. The maximum absolute atomic E-state index is 11.4. The fourth-order valence-corrected chi connectivity index (χ4v) is 2.18. The Morgan fingerprint density at radius 2 is 1.35 bits per heavy atom. The molecule has 23 heavy (non-hydrogen) atoms. The van der Waals surface area contributed by atoms with Crippen LogP contribution in [-0.4, -0.2) is 28.5 Å². The molecule has 1 aliphatic carbocycles. The second kappa shape index (κ2) is 6.50. The zero-order valence-corrected chi connectivity index (χ0v) is 13.4. The topological polar surface area (TPSA) is 83.5 Å². The Kier molecular flexibility index (Phi) is 4.67. The van der Waals surface area contributed by atoms with Gasteiger partial charge in [0, 0.05) is 29.9 Å². The number of hydrogen-bond acceptors (Lipinski definition) is 4. The van der Waals surface area contributed by atoms with Crippen molar-refractivity contribution in [3.8, 4) is 0 Å². The number of rotatable bonds is 1. The van der Waals surface area contributed by atoms with Crippen molar-refractivity contribution in [2.75, 3.05) is 0 Å². The summed E-state index contributed by atoms with van der Waals surface area (Å²) < 4.78 is 0. The molecule has 0 fully saturated rings. The van der Waals surface area contributed by atoms with Crippen LogP contribution >= 0.6 is 9.90 Å². The van der Waals surface area contributed by atoms with Crippen molar-refractivity contribution in [3.05, 3.63) is 59.7 Å². The predicted molar refractivity (Wildman–Crippen MR) is 88.7 cm³/mol. The predicted octanol–water partition coefficient (Wildman–Crippen LogP) is 0.680. The minimum absolute atomic E-state index is 0. The van der Waals surface area contributed by atoms with Crippen molar-refractivity contribution in [1.82, 2.24) is 10.2 Å². The summed E-state index contributed by atoms with van der Waals surface area (Å²) in [5, 5.41) is 2.03. The summed E-state index contributed by atoms with van der Waals surface area (Å²) in [7, 11) is 0. The van der Waals surface area contributed by atoms with Gasteiger partial charge in [-0.2, -0.15) is 9.90 Å². The lowest BCUT2D eigenvalue weighted by molar-refractivity contribution is -0.133. The molecule has 1 aromatic rings. The number of amides is 4. The summed E-state index contributed by atoms with van der Waals surface area (Å²) >= 11 is 0. The number of hydrogen-bond donors (Lipinski definition) is 1. The Bertz CT molecular complexity index is 774. The molecule has 4 amide bonds. The first-order valence-corrected chi connectivity index (χ1v) is 6.46. The zero-order valence-electron chi connectivity index (χ0n) is 12.0. The minimum atomic E-state index is -0.329. The first kappa shape index (κ1) is 16.5. The second-order valence-corrected chi connectivity index (χ2v) is 4.65. The van der Waals surface area contributed by atoms with E-state index in [4.69, 9.17) is 0 Å². The molecule has 1 atom stereocenters. The third-order valence-electron chi connectivity index (χ3n) is 3.21. The minimum Gasteiger partial charge on any atom is -0.289 e. The van der Waals surface area contributed by atoms with Gasteiger partial charge in [-0.15, -0.1) is 0 Å².